The first kappa shape index (κ1) is 36.7. The number of anilines is 2. The average Bonchev–Trinajstić information content (AvgIpc) is 3.94. The van der Waals surface area contributed by atoms with Crippen LogP contribution in [0.5, 0.6) is 11.8 Å². The molecule has 6 aliphatic heterocycles. The molecule has 0 aliphatic carbocycles. The number of hydrogen-bond donors (Lipinski definition) is 2. The van der Waals surface area contributed by atoms with Crippen molar-refractivity contribution in [2.24, 2.45) is 0 Å². The molecule has 10 rings (SSSR count). The minimum absolute atomic E-state index is 0.0771. The van der Waals surface area contributed by atoms with Gasteiger partial charge in [-0.3, -0.25) is 19.3 Å². The number of aliphatic hydroxyl groups is 1. The summed E-state index contributed by atoms with van der Waals surface area (Å²) in [7, 11) is 0. The zero-order valence-electron chi connectivity index (χ0n) is 32.5. The second kappa shape index (κ2) is 14.3. The second-order valence-corrected chi connectivity index (χ2v) is 17.0. The molecule has 2 unspecified atom stereocenters. The van der Waals surface area contributed by atoms with Crippen LogP contribution in [0.1, 0.15) is 72.0 Å². The summed E-state index contributed by atoms with van der Waals surface area (Å²) in [6, 6.07) is 8.93. The minimum Gasteiger partial charge on any atom is -0.508 e. The molecule has 0 bridgehead atoms. The third kappa shape index (κ3) is 6.55. The van der Waals surface area contributed by atoms with Crippen molar-refractivity contribution in [2.45, 2.75) is 95.4 Å². The van der Waals surface area contributed by atoms with Gasteiger partial charge in [0.05, 0.1) is 36.1 Å². The van der Waals surface area contributed by atoms with Crippen LogP contribution in [0.3, 0.4) is 0 Å². The van der Waals surface area contributed by atoms with Gasteiger partial charge in [0, 0.05) is 87.5 Å². The van der Waals surface area contributed by atoms with Crippen molar-refractivity contribution in [3.63, 3.8) is 0 Å². The summed E-state index contributed by atoms with van der Waals surface area (Å²) in [5.74, 6) is 0.557. The Hall–Kier alpha value is -4.60. The fourth-order valence-electron chi connectivity index (χ4n) is 10.7. The summed E-state index contributed by atoms with van der Waals surface area (Å²) in [5, 5.41) is 27.4. The molecule has 0 saturated carbocycles. The molecule has 4 saturated heterocycles. The molecule has 15 heteroatoms. The number of nitrogens with zero attached hydrogens (tertiary/aromatic N) is 9. The first-order valence-corrected chi connectivity index (χ1v) is 20.8. The number of fused-ring (bicyclic) bond motifs is 5. The van der Waals surface area contributed by atoms with Crippen LogP contribution in [-0.2, 0) is 32.5 Å². The molecule has 8 heterocycles. The van der Waals surface area contributed by atoms with Crippen LogP contribution in [0.2, 0.25) is 0 Å². The van der Waals surface area contributed by atoms with Crippen LogP contribution in [-0.4, -0.2) is 133 Å². The van der Waals surface area contributed by atoms with Gasteiger partial charge in [0.15, 0.2) is 5.69 Å². The Balaban J connectivity index is 0.971. The predicted octanol–water partition coefficient (Wildman–Crippen LogP) is 4.05. The zero-order chi connectivity index (χ0) is 39.0. The molecule has 1 amide bonds. The molecule has 4 atom stereocenters. The number of piperazine rings is 1. The summed E-state index contributed by atoms with van der Waals surface area (Å²) in [5.41, 5.74) is 4.18. The molecular weight excluding hydrogens is 733 g/mol. The molecule has 2 aromatic carbocycles. The fourth-order valence-corrected chi connectivity index (χ4v) is 10.7. The number of carbonyl (C=O) groups is 1. The Morgan fingerprint density at radius 2 is 1.89 bits per heavy atom. The zero-order valence-corrected chi connectivity index (χ0v) is 32.5. The average molecular weight is 784 g/mol. The summed E-state index contributed by atoms with van der Waals surface area (Å²) < 4.78 is 38.4. The van der Waals surface area contributed by atoms with Gasteiger partial charge in [-0.25, -0.2) is 8.78 Å². The first-order valence-electron chi connectivity index (χ1n) is 20.8. The number of rotatable bonds is 7. The first-order chi connectivity index (χ1) is 27.6. The molecule has 0 spiro atoms. The molecule has 6 aliphatic rings. The maximum absolute atomic E-state index is 15.2. The number of hydrogen-bond acceptors (Lipinski definition) is 11. The molecular formula is C42H51F2N9O4. The van der Waals surface area contributed by atoms with Gasteiger partial charge in [0.25, 0.3) is 5.91 Å². The summed E-state index contributed by atoms with van der Waals surface area (Å²) in [6.45, 7) is 9.03. The molecule has 4 fully saturated rings. The lowest BCUT2D eigenvalue weighted by Gasteiger charge is -2.36. The van der Waals surface area contributed by atoms with Gasteiger partial charge in [-0.2, -0.15) is 15.1 Å². The number of alkyl halides is 1. The fraction of sp³-hybridized carbons (Fsp3) is 0.571. The highest BCUT2D eigenvalue weighted by Crippen LogP contribution is 2.42. The highest BCUT2D eigenvalue weighted by molar-refractivity contribution is 5.98. The van der Waals surface area contributed by atoms with E-state index in [1.54, 1.807) is 18.2 Å². The van der Waals surface area contributed by atoms with E-state index in [9.17, 15) is 19.4 Å². The highest BCUT2D eigenvalue weighted by Gasteiger charge is 2.49. The molecule has 4 aromatic rings. The maximum Gasteiger partial charge on any atom is 0.318 e. The topological polar surface area (TPSA) is 127 Å². The molecule has 302 valence electrons. The minimum atomic E-state index is -0.878. The van der Waals surface area contributed by atoms with E-state index < -0.39 is 6.17 Å². The van der Waals surface area contributed by atoms with Gasteiger partial charge in [0.1, 0.15) is 30.2 Å². The largest absolute Gasteiger partial charge is 0.508 e. The molecule has 2 N–H and O–H groups in total. The van der Waals surface area contributed by atoms with E-state index in [1.807, 2.05) is 22.6 Å². The molecule has 13 nitrogen and oxygen atoms in total. The Morgan fingerprint density at radius 3 is 2.77 bits per heavy atom. The number of phenolic OH excluding ortho intramolecular Hbond substituents is 1. The van der Waals surface area contributed by atoms with E-state index in [4.69, 9.17) is 19.8 Å². The van der Waals surface area contributed by atoms with Crippen molar-refractivity contribution in [1.82, 2.24) is 34.4 Å². The van der Waals surface area contributed by atoms with Crippen LogP contribution >= 0.6 is 0 Å². The Morgan fingerprint density at radius 1 is 1.00 bits per heavy atom. The standard InChI is InChI=1S/C42H51F2N9O4/c1-2-32-34(44)6-5-26-15-30(54)18-37(38(26)32)49-12-7-33-36(24-49)45-41(57-25-42-8-3-10-52(42)20-27(43)19-42)46-39(33)50-9-4-11-53-29(22-50)17-35(47-53)40(56)51-14-13-48-23-31(55)16-28(48)21-51/h5-6,15,17-18,27-28,31,54-55H,2-4,7-14,16,19-25H2,1H3/t27-,28?,31?,42+/m1/s1. The number of aromatic nitrogens is 4. The molecule has 2 aromatic heterocycles. The van der Waals surface area contributed by atoms with Gasteiger partial charge < -0.3 is 29.6 Å². The highest BCUT2D eigenvalue weighted by atomic mass is 19.1. The Labute approximate surface area is 330 Å². The van der Waals surface area contributed by atoms with Crippen molar-refractivity contribution >= 4 is 28.2 Å². The van der Waals surface area contributed by atoms with Crippen LogP contribution < -0.4 is 14.5 Å². The summed E-state index contributed by atoms with van der Waals surface area (Å²) in [4.78, 5) is 34.7. The predicted molar refractivity (Wildman–Crippen MR) is 210 cm³/mol. The van der Waals surface area contributed by atoms with Gasteiger partial charge in [0.2, 0.25) is 0 Å². The lowest BCUT2D eigenvalue weighted by molar-refractivity contribution is 0.0563. The third-order valence-electron chi connectivity index (χ3n) is 13.5. The maximum atomic E-state index is 15.2. The molecule has 0 radical (unpaired) electrons. The monoisotopic (exact) mass is 783 g/mol. The van der Waals surface area contributed by atoms with Crippen molar-refractivity contribution in [2.75, 3.05) is 68.8 Å². The van der Waals surface area contributed by atoms with Gasteiger partial charge >= 0.3 is 6.01 Å². The number of aromatic hydroxyl groups is 1. The van der Waals surface area contributed by atoms with E-state index in [-0.39, 0.29) is 41.2 Å². The SMILES string of the molecule is CCc1c(F)ccc2cc(O)cc(N3CCc4c(nc(OC[C@@]56CCCN5C[C@H](F)C6)nc4N4CCCn5nc(C(=O)N6CCN7CC(O)CC7C6)cc5C4)C3)c12. The number of ether oxygens (including phenoxy) is 1. The number of carbonyl (C=O) groups excluding carboxylic acids is 1. The number of halogens is 2. The van der Waals surface area contributed by atoms with Crippen molar-refractivity contribution in [1.29, 1.82) is 0 Å². The lowest BCUT2D eigenvalue weighted by Crippen LogP contribution is -2.52. The number of aliphatic hydroxyl groups excluding tert-OH is 1. The van der Waals surface area contributed by atoms with Crippen LogP contribution in [0.4, 0.5) is 20.3 Å². The van der Waals surface area contributed by atoms with Gasteiger partial charge in [-0.05, 0) is 74.2 Å². The van der Waals surface area contributed by atoms with E-state index >= 15 is 4.39 Å². The van der Waals surface area contributed by atoms with E-state index in [0.717, 1.165) is 71.6 Å². The number of benzene rings is 2. The van der Waals surface area contributed by atoms with Crippen LogP contribution in [0, 0.1) is 5.82 Å². The number of aryl methyl sites for hydroxylation is 2. The number of phenols is 1. The van der Waals surface area contributed by atoms with Gasteiger partial charge in [-0.15, -0.1) is 0 Å². The van der Waals surface area contributed by atoms with Gasteiger partial charge in [-0.1, -0.05) is 13.0 Å². The molecule has 57 heavy (non-hydrogen) atoms. The van der Waals surface area contributed by atoms with Crippen LogP contribution in [0.15, 0.2) is 30.3 Å². The quantitative estimate of drug-likeness (QED) is 0.282. The van der Waals surface area contributed by atoms with Crippen molar-refractivity contribution in [3.05, 3.63) is 64.4 Å². The third-order valence-corrected chi connectivity index (χ3v) is 13.5. The smallest absolute Gasteiger partial charge is 0.318 e. The summed E-state index contributed by atoms with van der Waals surface area (Å²) >= 11 is 0. The van der Waals surface area contributed by atoms with Crippen LogP contribution in [0.25, 0.3) is 10.8 Å². The lowest BCUT2D eigenvalue weighted by atomic mass is 9.95. The normalized spacial score (nSPS) is 26.4. The van der Waals surface area contributed by atoms with E-state index in [1.165, 1.54) is 6.07 Å². The van der Waals surface area contributed by atoms with Crippen molar-refractivity contribution < 1.29 is 28.5 Å². The van der Waals surface area contributed by atoms with Crippen molar-refractivity contribution in [3.8, 4) is 11.8 Å². The van der Waals surface area contributed by atoms with E-state index in [0.29, 0.717) is 102 Å². The van der Waals surface area contributed by atoms with E-state index in [2.05, 4.69) is 19.6 Å². The summed E-state index contributed by atoms with van der Waals surface area (Å²) in [6.07, 6.45) is 3.69. The Bertz CT molecular complexity index is 2220. The second-order valence-electron chi connectivity index (χ2n) is 17.0. The Kier molecular flexibility index (Phi) is 9.24. The number of amides is 1.